The number of rotatable bonds is 10. The molecule has 0 saturated carbocycles. The van der Waals surface area contributed by atoms with Gasteiger partial charge in [-0.15, -0.1) is 0 Å². The number of esters is 1. The Kier molecular flexibility index (Phi) is 11.0. The van der Waals surface area contributed by atoms with E-state index in [0.717, 1.165) is 19.4 Å². The number of unbranched alkanes of at least 4 members (excludes halogenated alkanes) is 1. The number of hydrogen-bond donors (Lipinski definition) is 0. The monoisotopic (exact) mass is 218 g/mol. The first-order valence-corrected chi connectivity index (χ1v) is 5.53. The summed E-state index contributed by atoms with van der Waals surface area (Å²) in [6.07, 6.45) is 3.39. The third-order valence-electron chi connectivity index (χ3n) is 1.91. The summed E-state index contributed by atoms with van der Waals surface area (Å²) in [6, 6.07) is 0. The van der Waals surface area contributed by atoms with Crippen LogP contribution in [0.25, 0.3) is 0 Å². The van der Waals surface area contributed by atoms with Gasteiger partial charge in [0.15, 0.2) is 0 Å². The zero-order valence-corrected chi connectivity index (χ0v) is 9.79. The van der Waals surface area contributed by atoms with E-state index in [9.17, 15) is 4.79 Å². The number of methoxy groups -OCH3 is 1. The Morgan fingerprint density at radius 3 is 2.13 bits per heavy atom. The van der Waals surface area contributed by atoms with E-state index in [4.69, 9.17) is 9.47 Å². The largest absolute Gasteiger partial charge is 0.469 e. The highest BCUT2D eigenvalue weighted by atomic mass is 16.5. The van der Waals surface area contributed by atoms with Gasteiger partial charge >= 0.3 is 5.97 Å². The normalized spacial score (nSPS) is 10.3. The zero-order valence-electron chi connectivity index (χ0n) is 9.79. The molecule has 0 saturated heterocycles. The summed E-state index contributed by atoms with van der Waals surface area (Å²) in [5, 5.41) is 0. The van der Waals surface area contributed by atoms with Gasteiger partial charge in [-0.2, -0.15) is 0 Å². The highest BCUT2D eigenvalue weighted by molar-refractivity contribution is 5.68. The van der Waals surface area contributed by atoms with Gasteiger partial charge in [-0.05, 0) is 12.8 Å². The maximum atomic E-state index is 10.7. The molecule has 90 valence electrons. The van der Waals surface area contributed by atoms with Crippen LogP contribution in [0, 0.1) is 0 Å². The summed E-state index contributed by atoms with van der Waals surface area (Å²) in [5.41, 5.74) is 0. The van der Waals surface area contributed by atoms with Crippen molar-refractivity contribution in [2.45, 2.75) is 32.6 Å². The molecule has 0 N–H and O–H groups in total. The van der Waals surface area contributed by atoms with Gasteiger partial charge < -0.3 is 14.2 Å². The Hall–Kier alpha value is -0.610. The standard InChI is InChI=1S/C11H22O4/c1-3-4-7-14-9-10-15-8-5-6-11(12)13-2/h3-10H2,1-2H3. The minimum Gasteiger partial charge on any atom is -0.469 e. The molecular formula is C11H22O4. The fourth-order valence-electron chi connectivity index (χ4n) is 0.989. The Morgan fingerprint density at radius 1 is 1.00 bits per heavy atom. The average Bonchev–Trinajstić information content (AvgIpc) is 2.26. The molecule has 0 aliphatic rings. The predicted octanol–water partition coefficient (Wildman–Crippen LogP) is 1.77. The second-order valence-electron chi connectivity index (χ2n) is 3.26. The minimum absolute atomic E-state index is 0.183. The van der Waals surface area contributed by atoms with Gasteiger partial charge in [0.25, 0.3) is 0 Å². The lowest BCUT2D eigenvalue weighted by atomic mass is 10.3. The first kappa shape index (κ1) is 14.4. The first-order valence-electron chi connectivity index (χ1n) is 5.53. The van der Waals surface area contributed by atoms with Gasteiger partial charge in [-0.3, -0.25) is 4.79 Å². The van der Waals surface area contributed by atoms with Crippen LogP contribution in [0.3, 0.4) is 0 Å². The number of carbonyl (C=O) groups is 1. The van der Waals surface area contributed by atoms with Gasteiger partial charge in [0.1, 0.15) is 0 Å². The van der Waals surface area contributed by atoms with Crippen molar-refractivity contribution in [3.05, 3.63) is 0 Å². The summed E-state index contributed by atoms with van der Waals surface area (Å²) >= 11 is 0. The van der Waals surface area contributed by atoms with Crippen molar-refractivity contribution in [1.82, 2.24) is 0 Å². The molecule has 0 rings (SSSR count). The van der Waals surface area contributed by atoms with E-state index in [-0.39, 0.29) is 5.97 Å². The maximum absolute atomic E-state index is 10.7. The van der Waals surface area contributed by atoms with Gasteiger partial charge in [-0.25, -0.2) is 0 Å². The Bertz CT molecular complexity index is 148. The summed E-state index contributed by atoms with van der Waals surface area (Å²) in [7, 11) is 1.39. The van der Waals surface area contributed by atoms with Crippen LogP contribution in [0.15, 0.2) is 0 Å². The first-order chi connectivity index (χ1) is 7.31. The van der Waals surface area contributed by atoms with E-state index < -0.39 is 0 Å². The summed E-state index contributed by atoms with van der Waals surface area (Å²) < 4.78 is 15.1. The Balaban J connectivity index is 2.95. The molecule has 15 heavy (non-hydrogen) atoms. The Labute approximate surface area is 91.9 Å². The van der Waals surface area contributed by atoms with Crippen LogP contribution in [-0.4, -0.2) is 39.5 Å². The van der Waals surface area contributed by atoms with Crippen molar-refractivity contribution in [2.24, 2.45) is 0 Å². The molecule has 0 bridgehead atoms. The molecule has 0 fully saturated rings. The summed E-state index contributed by atoms with van der Waals surface area (Å²) in [6.45, 7) is 4.77. The van der Waals surface area contributed by atoms with E-state index >= 15 is 0 Å². The van der Waals surface area contributed by atoms with E-state index in [1.165, 1.54) is 7.11 Å². The van der Waals surface area contributed by atoms with Crippen LogP contribution in [0.5, 0.6) is 0 Å². The molecular weight excluding hydrogens is 196 g/mol. The van der Waals surface area contributed by atoms with E-state index in [1.807, 2.05) is 0 Å². The SMILES string of the molecule is CCCCOCCOCCCC(=O)OC. The smallest absolute Gasteiger partial charge is 0.305 e. The molecule has 0 amide bonds. The van der Waals surface area contributed by atoms with Crippen LogP contribution in [-0.2, 0) is 19.0 Å². The Morgan fingerprint density at radius 2 is 1.60 bits per heavy atom. The highest BCUT2D eigenvalue weighted by Gasteiger charge is 1.98. The maximum Gasteiger partial charge on any atom is 0.305 e. The van der Waals surface area contributed by atoms with Crippen molar-refractivity contribution in [2.75, 3.05) is 33.5 Å². The van der Waals surface area contributed by atoms with Gasteiger partial charge in [0.2, 0.25) is 0 Å². The average molecular weight is 218 g/mol. The molecule has 0 aliphatic carbocycles. The third-order valence-corrected chi connectivity index (χ3v) is 1.91. The topological polar surface area (TPSA) is 44.8 Å². The van der Waals surface area contributed by atoms with Crippen molar-refractivity contribution in [3.8, 4) is 0 Å². The molecule has 4 nitrogen and oxygen atoms in total. The highest BCUT2D eigenvalue weighted by Crippen LogP contribution is 1.93. The van der Waals surface area contributed by atoms with E-state index in [1.54, 1.807) is 0 Å². The molecule has 0 aromatic heterocycles. The van der Waals surface area contributed by atoms with E-state index in [2.05, 4.69) is 11.7 Å². The van der Waals surface area contributed by atoms with Gasteiger partial charge in [-0.1, -0.05) is 13.3 Å². The number of hydrogen-bond acceptors (Lipinski definition) is 4. The quantitative estimate of drug-likeness (QED) is 0.414. The lowest BCUT2D eigenvalue weighted by Gasteiger charge is -2.04. The second kappa shape index (κ2) is 11.5. The molecule has 0 heterocycles. The minimum atomic E-state index is -0.183. The zero-order chi connectivity index (χ0) is 11.4. The van der Waals surface area contributed by atoms with Crippen LogP contribution >= 0.6 is 0 Å². The lowest BCUT2D eigenvalue weighted by molar-refractivity contribution is -0.141. The molecule has 0 aliphatic heterocycles. The lowest BCUT2D eigenvalue weighted by Crippen LogP contribution is -2.07. The number of carbonyl (C=O) groups excluding carboxylic acids is 1. The fourth-order valence-corrected chi connectivity index (χ4v) is 0.989. The number of ether oxygens (including phenoxy) is 3. The van der Waals surface area contributed by atoms with Crippen molar-refractivity contribution < 1.29 is 19.0 Å². The summed E-state index contributed by atoms with van der Waals surface area (Å²) in [4.78, 5) is 10.7. The third kappa shape index (κ3) is 11.3. The van der Waals surface area contributed by atoms with Crippen molar-refractivity contribution in [3.63, 3.8) is 0 Å². The van der Waals surface area contributed by atoms with Gasteiger partial charge in [0.05, 0.1) is 20.3 Å². The molecule has 0 aromatic rings. The van der Waals surface area contributed by atoms with Gasteiger partial charge in [0, 0.05) is 19.6 Å². The van der Waals surface area contributed by atoms with Crippen molar-refractivity contribution in [1.29, 1.82) is 0 Å². The molecule has 0 unspecified atom stereocenters. The molecule has 0 aromatic carbocycles. The molecule has 0 radical (unpaired) electrons. The van der Waals surface area contributed by atoms with E-state index in [0.29, 0.717) is 32.7 Å². The fraction of sp³-hybridized carbons (Fsp3) is 0.909. The molecule has 4 heteroatoms. The molecule has 0 atom stereocenters. The van der Waals surface area contributed by atoms with Crippen molar-refractivity contribution >= 4 is 5.97 Å². The van der Waals surface area contributed by atoms with Crippen LogP contribution < -0.4 is 0 Å². The molecule has 0 spiro atoms. The van der Waals surface area contributed by atoms with Crippen LogP contribution in [0.1, 0.15) is 32.6 Å². The summed E-state index contributed by atoms with van der Waals surface area (Å²) in [5.74, 6) is -0.183. The van der Waals surface area contributed by atoms with Crippen LogP contribution in [0.4, 0.5) is 0 Å². The van der Waals surface area contributed by atoms with Crippen LogP contribution in [0.2, 0.25) is 0 Å². The predicted molar refractivity (Wildman–Crippen MR) is 57.8 cm³/mol. The second-order valence-corrected chi connectivity index (χ2v) is 3.26.